The number of primary amides is 1. The largest absolute Gasteiger partial charge is 0.364 e. The number of pyridine rings is 1. The van der Waals surface area contributed by atoms with E-state index in [4.69, 9.17) is 15.7 Å². The van der Waals surface area contributed by atoms with Crippen LogP contribution in [-0.2, 0) is 0 Å². The molecule has 0 bridgehead atoms. The summed E-state index contributed by atoms with van der Waals surface area (Å²) in [6.45, 7) is 1.75. The van der Waals surface area contributed by atoms with E-state index >= 15 is 0 Å². The third kappa shape index (κ3) is 2.94. The lowest BCUT2D eigenvalue weighted by Gasteiger charge is -2.31. The lowest BCUT2D eigenvalue weighted by Crippen LogP contribution is -2.33. The maximum absolute atomic E-state index is 13.2. The molecular formula is C21H17F2N5O2. The summed E-state index contributed by atoms with van der Waals surface area (Å²) >= 11 is 0. The molecule has 5 rings (SSSR count). The number of alkyl halides is 2. The van der Waals surface area contributed by atoms with E-state index in [9.17, 15) is 13.6 Å². The molecule has 0 spiro atoms. The van der Waals surface area contributed by atoms with Gasteiger partial charge in [-0.3, -0.25) is 9.20 Å². The fourth-order valence-corrected chi connectivity index (χ4v) is 3.57. The molecule has 0 unspecified atom stereocenters. The monoisotopic (exact) mass is 413 g/mol. The Bertz CT molecular complexity index is 1490. The zero-order valence-corrected chi connectivity index (χ0v) is 15.7. The van der Waals surface area contributed by atoms with Crippen LogP contribution < -0.4 is 5.73 Å². The standard InChI is InChI=1S/C21H17F2N5O2/c1-11-5-6-12(19-26-20(30-27-19)13-9-21(22,23)10-13)8-14(11)16-17(18(24)29)28-7-3-2-4-15(28)25-16/h2-8,13H,9-10H2,1H3,(H2,24,29)/i2D,3D,4D,7D. The van der Waals surface area contributed by atoms with E-state index in [0.29, 0.717) is 16.7 Å². The fourth-order valence-electron chi connectivity index (χ4n) is 3.57. The molecule has 9 heteroatoms. The normalized spacial score (nSPS) is 17.8. The highest BCUT2D eigenvalue weighted by molar-refractivity contribution is 5.99. The minimum Gasteiger partial charge on any atom is -0.364 e. The fraction of sp³-hybridized carbons (Fsp3) is 0.238. The van der Waals surface area contributed by atoms with Gasteiger partial charge in [0.15, 0.2) is 0 Å². The third-order valence-corrected chi connectivity index (χ3v) is 5.15. The summed E-state index contributed by atoms with van der Waals surface area (Å²) in [5, 5.41) is 3.90. The first kappa shape index (κ1) is 14.4. The minimum atomic E-state index is -2.73. The van der Waals surface area contributed by atoms with Crippen LogP contribution >= 0.6 is 0 Å². The van der Waals surface area contributed by atoms with E-state index in [1.165, 1.54) is 0 Å². The molecular weight excluding hydrogens is 392 g/mol. The molecule has 0 aliphatic heterocycles. The average Bonchev–Trinajstić information content (AvgIpc) is 3.40. The Morgan fingerprint density at radius 1 is 1.33 bits per heavy atom. The van der Waals surface area contributed by atoms with Crippen LogP contribution in [0.2, 0.25) is 0 Å². The highest BCUT2D eigenvalue weighted by Gasteiger charge is 2.48. The van der Waals surface area contributed by atoms with Gasteiger partial charge in [0, 0.05) is 36.1 Å². The number of hydrogen-bond donors (Lipinski definition) is 1. The number of amides is 1. The molecule has 1 aromatic carbocycles. The van der Waals surface area contributed by atoms with Gasteiger partial charge >= 0.3 is 0 Å². The number of hydrogen-bond acceptors (Lipinski definition) is 5. The molecule has 3 heterocycles. The number of rotatable bonds is 4. The van der Waals surface area contributed by atoms with Gasteiger partial charge < -0.3 is 10.3 Å². The van der Waals surface area contributed by atoms with Gasteiger partial charge in [-0.1, -0.05) is 23.3 Å². The van der Waals surface area contributed by atoms with Crippen molar-refractivity contribution >= 4 is 11.6 Å². The van der Waals surface area contributed by atoms with Gasteiger partial charge in [0.2, 0.25) is 17.6 Å². The predicted molar refractivity (Wildman–Crippen MR) is 104 cm³/mol. The van der Waals surface area contributed by atoms with E-state index in [0.717, 1.165) is 4.40 Å². The molecule has 1 fully saturated rings. The summed E-state index contributed by atoms with van der Waals surface area (Å²) in [5.74, 6) is -3.87. The zero-order valence-electron chi connectivity index (χ0n) is 19.7. The maximum Gasteiger partial charge on any atom is 0.268 e. The van der Waals surface area contributed by atoms with Gasteiger partial charge in [0.05, 0.1) is 5.48 Å². The van der Waals surface area contributed by atoms with Gasteiger partial charge in [0.25, 0.3) is 5.91 Å². The van der Waals surface area contributed by atoms with Crippen molar-refractivity contribution < 1.29 is 23.6 Å². The maximum atomic E-state index is 13.2. The number of carbonyl (C=O) groups is 1. The molecule has 152 valence electrons. The second-order valence-electron chi connectivity index (χ2n) is 7.27. The van der Waals surface area contributed by atoms with Crippen LogP contribution in [0.25, 0.3) is 28.3 Å². The van der Waals surface area contributed by atoms with Crippen LogP contribution in [-0.4, -0.2) is 31.4 Å². The lowest BCUT2D eigenvalue weighted by atomic mass is 9.81. The summed E-state index contributed by atoms with van der Waals surface area (Å²) in [6, 6.07) is 3.58. The van der Waals surface area contributed by atoms with Gasteiger partial charge in [-0.05, 0) is 30.6 Å². The summed E-state index contributed by atoms with van der Waals surface area (Å²) < 4.78 is 64.7. The van der Waals surface area contributed by atoms with Crippen molar-refractivity contribution in [3.63, 3.8) is 0 Å². The lowest BCUT2D eigenvalue weighted by molar-refractivity contribution is -0.0925. The Morgan fingerprint density at radius 2 is 2.13 bits per heavy atom. The van der Waals surface area contributed by atoms with Crippen LogP contribution in [0.1, 0.15) is 46.2 Å². The number of nitrogens with zero attached hydrogens (tertiary/aromatic N) is 4. The van der Waals surface area contributed by atoms with Crippen LogP contribution in [0.4, 0.5) is 8.78 Å². The second kappa shape index (κ2) is 6.45. The number of aryl methyl sites for hydroxylation is 1. The SMILES string of the molecule is [2H]c1c([2H])c([2H])n2c(C(N)=O)c(-c3cc(-c4noc(C5CC(F)(F)C5)n4)ccc3C)nc2c1[2H]. The summed E-state index contributed by atoms with van der Waals surface area (Å²) in [7, 11) is 0. The van der Waals surface area contributed by atoms with Crippen molar-refractivity contribution in [3.05, 3.63) is 59.6 Å². The Labute approximate surface area is 175 Å². The highest BCUT2D eigenvalue weighted by Crippen LogP contribution is 2.48. The van der Waals surface area contributed by atoms with Gasteiger partial charge in [-0.15, -0.1) is 0 Å². The van der Waals surface area contributed by atoms with Gasteiger partial charge in [0.1, 0.15) is 17.0 Å². The minimum absolute atomic E-state index is 0.0706. The van der Waals surface area contributed by atoms with Crippen molar-refractivity contribution in [2.24, 2.45) is 5.73 Å². The second-order valence-corrected chi connectivity index (χ2v) is 7.27. The molecule has 0 saturated heterocycles. The Morgan fingerprint density at radius 3 is 2.87 bits per heavy atom. The van der Waals surface area contributed by atoms with Crippen LogP contribution in [0.5, 0.6) is 0 Å². The van der Waals surface area contributed by atoms with Crippen LogP contribution in [0.3, 0.4) is 0 Å². The van der Waals surface area contributed by atoms with E-state index in [-0.39, 0.29) is 41.6 Å². The number of carbonyl (C=O) groups excluding carboxylic acids is 1. The molecule has 1 saturated carbocycles. The van der Waals surface area contributed by atoms with Crippen LogP contribution in [0, 0.1) is 6.92 Å². The average molecular weight is 413 g/mol. The van der Waals surface area contributed by atoms with Gasteiger partial charge in [-0.2, -0.15) is 4.98 Å². The molecule has 1 aliphatic rings. The number of nitrogens with two attached hydrogens (primary N) is 1. The molecule has 0 radical (unpaired) electrons. The Hall–Kier alpha value is -3.62. The molecule has 30 heavy (non-hydrogen) atoms. The van der Waals surface area contributed by atoms with Crippen LogP contribution in [0.15, 0.2) is 47.0 Å². The topological polar surface area (TPSA) is 99.3 Å². The first-order chi connectivity index (χ1) is 16.0. The van der Waals surface area contributed by atoms with E-state index in [1.54, 1.807) is 25.1 Å². The Kier molecular flexibility index (Phi) is 3.09. The number of halogens is 2. The summed E-state index contributed by atoms with van der Waals surface area (Å²) in [4.78, 5) is 21.0. The van der Waals surface area contributed by atoms with Crippen molar-refractivity contribution in [3.8, 4) is 22.6 Å². The number of fused-ring (bicyclic) bond motifs is 1. The predicted octanol–water partition coefficient (Wildman–Crippen LogP) is 3.97. The highest BCUT2D eigenvalue weighted by atomic mass is 19.3. The van der Waals surface area contributed by atoms with Crippen molar-refractivity contribution in [2.75, 3.05) is 0 Å². The first-order valence-electron chi connectivity index (χ1n) is 11.1. The molecule has 4 aromatic rings. The zero-order chi connectivity index (χ0) is 24.5. The molecule has 1 aliphatic carbocycles. The summed E-state index contributed by atoms with van der Waals surface area (Å²) in [5.41, 5.74) is 6.88. The molecule has 7 nitrogen and oxygen atoms in total. The molecule has 2 N–H and O–H groups in total. The van der Waals surface area contributed by atoms with Crippen molar-refractivity contribution in [2.45, 2.75) is 31.6 Å². The molecule has 3 aromatic heterocycles. The first-order valence-corrected chi connectivity index (χ1v) is 9.10. The van der Waals surface area contributed by atoms with E-state index in [2.05, 4.69) is 15.1 Å². The third-order valence-electron chi connectivity index (χ3n) is 5.15. The number of imidazole rings is 1. The van der Waals surface area contributed by atoms with Crippen molar-refractivity contribution in [1.82, 2.24) is 19.5 Å². The number of benzene rings is 1. The number of aromatic nitrogens is 4. The summed E-state index contributed by atoms with van der Waals surface area (Å²) in [6.07, 6.45) is -1.19. The van der Waals surface area contributed by atoms with Crippen molar-refractivity contribution in [1.29, 1.82) is 0 Å². The van der Waals surface area contributed by atoms with E-state index < -0.39 is 42.0 Å². The van der Waals surface area contributed by atoms with Gasteiger partial charge in [-0.25, -0.2) is 13.8 Å². The smallest absolute Gasteiger partial charge is 0.268 e. The molecule has 0 atom stereocenters. The molecule has 1 amide bonds. The quantitative estimate of drug-likeness (QED) is 0.546. The Balaban J connectivity index is 1.65. The van der Waals surface area contributed by atoms with E-state index in [1.807, 2.05) is 0 Å².